The number of benzene rings is 2. The van der Waals surface area contributed by atoms with Crippen LogP contribution in [0.4, 0.5) is 4.39 Å². The van der Waals surface area contributed by atoms with Crippen LogP contribution in [0.2, 0.25) is 0 Å². The van der Waals surface area contributed by atoms with Crippen LogP contribution in [-0.2, 0) is 0 Å². The average Bonchev–Trinajstić information content (AvgIpc) is 3.06. The van der Waals surface area contributed by atoms with Crippen LogP contribution in [0.3, 0.4) is 0 Å². The van der Waals surface area contributed by atoms with Crippen molar-refractivity contribution in [1.82, 2.24) is 9.13 Å². The molecule has 2 aromatic carbocycles. The van der Waals surface area contributed by atoms with E-state index >= 15 is 0 Å². The molecule has 0 bridgehead atoms. The normalized spacial score (nSPS) is 19.7. The third kappa shape index (κ3) is 4.74. The van der Waals surface area contributed by atoms with E-state index in [1.54, 1.807) is 51.6 Å². The number of ketones is 1. The largest absolute Gasteiger partial charge is 0.461 e. The molecular formula is C26H31FN2O4. The molecule has 1 unspecified atom stereocenters. The molecule has 0 aliphatic heterocycles. The Morgan fingerprint density at radius 1 is 1.12 bits per heavy atom. The molecule has 7 heteroatoms. The molecule has 1 aliphatic carbocycles. The van der Waals surface area contributed by atoms with Gasteiger partial charge in [-0.15, -0.1) is 0 Å². The summed E-state index contributed by atoms with van der Waals surface area (Å²) in [5.74, 6) is 0.294. The Labute approximate surface area is 192 Å². The number of hydrogen-bond acceptors (Lipinski definition) is 4. The minimum absolute atomic E-state index is 0.0144. The van der Waals surface area contributed by atoms with Gasteiger partial charge in [0.15, 0.2) is 5.78 Å². The number of aliphatic hydroxyl groups is 1. The van der Waals surface area contributed by atoms with E-state index in [0.29, 0.717) is 34.5 Å². The highest BCUT2D eigenvalue weighted by Crippen LogP contribution is 2.29. The van der Waals surface area contributed by atoms with E-state index in [1.807, 2.05) is 13.8 Å². The van der Waals surface area contributed by atoms with Crippen molar-refractivity contribution in [3.8, 4) is 11.4 Å². The zero-order valence-electron chi connectivity index (χ0n) is 19.3. The van der Waals surface area contributed by atoms with Crippen LogP contribution in [0.25, 0.3) is 16.7 Å². The molecule has 0 spiro atoms. The quantitative estimate of drug-likeness (QED) is 0.499. The van der Waals surface area contributed by atoms with Crippen molar-refractivity contribution in [2.24, 2.45) is 5.92 Å². The second kappa shape index (κ2) is 9.51. The van der Waals surface area contributed by atoms with Gasteiger partial charge in [0.05, 0.1) is 22.8 Å². The molecule has 3 atom stereocenters. The van der Waals surface area contributed by atoms with Crippen molar-refractivity contribution in [3.05, 3.63) is 58.5 Å². The number of carbonyl (C=O) groups is 1. The molecule has 6 nitrogen and oxygen atoms in total. The van der Waals surface area contributed by atoms with Gasteiger partial charge in [-0.1, -0.05) is 18.9 Å². The number of alkyl halides is 1. The lowest BCUT2D eigenvalue weighted by Gasteiger charge is -2.26. The molecule has 3 aromatic rings. The highest BCUT2D eigenvalue weighted by Gasteiger charge is 2.26. The highest BCUT2D eigenvalue weighted by molar-refractivity contribution is 5.99. The topological polar surface area (TPSA) is 73.5 Å². The summed E-state index contributed by atoms with van der Waals surface area (Å²) in [7, 11) is 0. The summed E-state index contributed by atoms with van der Waals surface area (Å²) in [5.41, 5.74) is 2.18. The van der Waals surface area contributed by atoms with E-state index in [1.165, 1.54) is 6.92 Å². The first-order chi connectivity index (χ1) is 15.8. The number of aliphatic hydroxyl groups excluding tert-OH is 1. The molecule has 4 rings (SSSR count). The van der Waals surface area contributed by atoms with Crippen LogP contribution in [0.5, 0.6) is 5.75 Å². The van der Waals surface area contributed by atoms with Gasteiger partial charge in [0.2, 0.25) is 6.36 Å². The summed E-state index contributed by atoms with van der Waals surface area (Å²) in [4.78, 5) is 26.4. The van der Waals surface area contributed by atoms with Crippen molar-refractivity contribution < 1.29 is 19.0 Å². The number of ether oxygens (including phenoxy) is 1. The number of imidazole rings is 1. The van der Waals surface area contributed by atoms with E-state index in [0.717, 1.165) is 25.7 Å². The Balaban J connectivity index is 1.76. The molecule has 1 aromatic heterocycles. The van der Waals surface area contributed by atoms with E-state index < -0.39 is 12.5 Å². The van der Waals surface area contributed by atoms with Crippen molar-refractivity contribution >= 4 is 16.8 Å². The fourth-order valence-corrected chi connectivity index (χ4v) is 4.81. The maximum Gasteiger partial charge on any atom is 0.333 e. The number of nitrogens with zero attached hydrogens (tertiary/aromatic N) is 2. The first-order valence-electron chi connectivity index (χ1n) is 11.7. The van der Waals surface area contributed by atoms with Gasteiger partial charge in [-0.2, -0.15) is 0 Å². The molecule has 0 radical (unpaired) electrons. The molecule has 0 saturated heterocycles. The van der Waals surface area contributed by atoms with E-state index in [-0.39, 0.29) is 23.4 Å². The number of carbonyl (C=O) groups excluding carboxylic acids is 1. The molecule has 1 fully saturated rings. The SMILES string of the molecule is CC(F)Oc1cccc(-n2c(=O)n(C(C)C)c3cc(C(=O)C[C@@H]4CCCC[C@H]4O)ccc32)c1. The van der Waals surface area contributed by atoms with Gasteiger partial charge < -0.3 is 9.84 Å². The lowest BCUT2D eigenvalue weighted by Crippen LogP contribution is -2.26. The first-order valence-corrected chi connectivity index (χ1v) is 11.7. The van der Waals surface area contributed by atoms with Gasteiger partial charge >= 0.3 is 5.69 Å². The maximum atomic E-state index is 13.4. The summed E-state index contributed by atoms with van der Waals surface area (Å²) >= 11 is 0. The van der Waals surface area contributed by atoms with Gasteiger partial charge in [0.25, 0.3) is 0 Å². The number of aromatic nitrogens is 2. The smallest absolute Gasteiger partial charge is 0.333 e. The Bertz CT molecular complexity index is 1210. The summed E-state index contributed by atoms with van der Waals surface area (Å²) in [6.07, 6.45) is 2.05. The Hall–Kier alpha value is -2.93. The van der Waals surface area contributed by atoms with Crippen LogP contribution >= 0.6 is 0 Å². The summed E-state index contributed by atoms with van der Waals surface area (Å²) in [6, 6.07) is 11.9. The zero-order chi connectivity index (χ0) is 23.7. The van der Waals surface area contributed by atoms with Gasteiger partial charge in [0.1, 0.15) is 5.75 Å². The van der Waals surface area contributed by atoms with Crippen molar-refractivity contribution in [2.45, 2.75) is 71.4 Å². The second-order valence-corrected chi connectivity index (χ2v) is 9.18. The van der Waals surface area contributed by atoms with Crippen LogP contribution in [0.15, 0.2) is 47.3 Å². The van der Waals surface area contributed by atoms with Crippen molar-refractivity contribution in [3.63, 3.8) is 0 Å². The predicted molar refractivity (Wildman–Crippen MR) is 126 cm³/mol. The van der Waals surface area contributed by atoms with Crippen molar-refractivity contribution in [2.75, 3.05) is 0 Å². The Morgan fingerprint density at radius 2 is 1.88 bits per heavy atom. The number of fused-ring (bicyclic) bond motifs is 1. The highest BCUT2D eigenvalue weighted by atomic mass is 19.1. The molecule has 1 heterocycles. The average molecular weight is 455 g/mol. The zero-order valence-corrected chi connectivity index (χ0v) is 19.3. The third-order valence-electron chi connectivity index (χ3n) is 6.40. The fraction of sp³-hybridized carbons (Fsp3) is 0.462. The monoisotopic (exact) mass is 454 g/mol. The Kier molecular flexibility index (Phi) is 6.70. The van der Waals surface area contributed by atoms with Crippen LogP contribution in [0, 0.1) is 5.92 Å². The van der Waals surface area contributed by atoms with Crippen LogP contribution in [0.1, 0.15) is 69.3 Å². The molecule has 1 aliphatic rings. The van der Waals surface area contributed by atoms with E-state index in [4.69, 9.17) is 4.74 Å². The van der Waals surface area contributed by atoms with Gasteiger partial charge in [0, 0.05) is 31.0 Å². The Morgan fingerprint density at radius 3 is 2.58 bits per heavy atom. The van der Waals surface area contributed by atoms with Crippen molar-refractivity contribution in [1.29, 1.82) is 0 Å². The van der Waals surface area contributed by atoms with Crippen LogP contribution < -0.4 is 10.4 Å². The minimum atomic E-state index is -1.47. The summed E-state index contributed by atoms with van der Waals surface area (Å²) < 4.78 is 21.7. The van der Waals surface area contributed by atoms with E-state index in [9.17, 15) is 19.1 Å². The van der Waals surface area contributed by atoms with Crippen LogP contribution in [-0.4, -0.2) is 32.5 Å². The maximum absolute atomic E-state index is 13.4. The molecule has 1 N–H and O–H groups in total. The molecule has 1 saturated carbocycles. The number of rotatable bonds is 7. The number of hydrogen-bond donors (Lipinski definition) is 1. The fourth-order valence-electron chi connectivity index (χ4n) is 4.81. The summed E-state index contributed by atoms with van der Waals surface area (Å²) in [5, 5.41) is 10.3. The molecular weight excluding hydrogens is 423 g/mol. The third-order valence-corrected chi connectivity index (χ3v) is 6.40. The minimum Gasteiger partial charge on any atom is -0.461 e. The summed E-state index contributed by atoms with van der Waals surface area (Å²) in [6.45, 7) is 5.14. The lowest BCUT2D eigenvalue weighted by molar-refractivity contribution is 0.0583. The predicted octanol–water partition coefficient (Wildman–Crippen LogP) is 5.19. The molecule has 33 heavy (non-hydrogen) atoms. The van der Waals surface area contributed by atoms with E-state index in [2.05, 4.69) is 0 Å². The van der Waals surface area contributed by atoms with Gasteiger partial charge in [-0.05, 0) is 62.9 Å². The standard InChI is InChI=1S/C26H31FN2O4/c1-16(2)28-23-13-19(25(31)14-18-7-4-5-10-24(18)30)11-12-22(23)29(26(28)32)20-8-6-9-21(15-20)33-17(3)27/h6,8-9,11-13,15-18,24,30H,4-5,7,10,14H2,1-3H3/t17?,18-,24+/m0/s1. The molecule has 0 amide bonds. The number of Topliss-reactive ketones (excluding diaryl/α,β-unsaturated/α-hetero) is 1. The second-order valence-electron chi connectivity index (χ2n) is 9.18. The lowest BCUT2D eigenvalue weighted by atomic mass is 9.82. The number of halogens is 1. The van der Waals surface area contributed by atoms with Gasteiger partial charge in [-0.3, -0.25) is 13.9 Å². The van der Waals surface area contributed by atoms with Gasteiger partial charge in [-0.25, -0.2) is 9.18 Å². The first kappa shape index (κ1) is 23.2. The molecule has 176 valence electrons.